The number of aromatic nitrogens is 3. The van der Waals surface area contributed by atoms with Crippen molar-refractivity contribution in [3.63, 3.8) is 0 Å². The zero-order valence-electron chi connectivity index (χ0n) is 12.0. The second-order valence-electron chi connectivity index (χ2n) is 5.72. The number of hydrogen-bond donors (Lipinski definition) is 0. The fraction of sp³-hybridized carbons (Fsp3) is 0.500. The number of fused-ring (bicyclic) bond motifs is 2. The highest BCUT2D eigenvalue weighted by Gasteiger charge is 2.24. The van der Waals surface area contributed by atoms with Crippen LogP contribution in [0.4, 0.5) is 0 Å². The molecule has 0 amide bonds. The summed E-state index contributed by atoms with van der Waals surface area (Å²) >= 11 is 3.88. The molecule has 2 aromatic rings. The van der Waals surface area contributed by atoms with Crippen molar-refractivity contribution in [1.29, 1.82) is 0 Å². The summed E-state index contributed by atoms with van der Waals surface area (Å²) in [6, 6.07) is 8.82. The summed E-state index contributed by atoms with van der Waals surface area (Å²) in [7, 11) is 0. The molecule has 0 bridgehead atoms. The van der Waals surface area contributed by atoms with Crippen LogP contribution in [0.15, 0.2) is 34.3 Å². The molecule has 1 unspecified atom stereocenters. The van der Waals surface area contributed by atoms with E-state index in [4.69, 9.17) is 0 Å². The monoisotopic (exact) mass is 317 g/mol. The lowest BCUT2D eigenvalue weighted by Gasteiger charge is -2.11. The molecule has 0 saturated heterocycles. The quantitative estimate of drug-likeness (QED) is 0.801. The van der Waals surface area contributed by atoms with Gasteiger partial charge >= 0.3 is 0 Å². The normalized spacial score (nSPS) is 20.9. The Bertz CT molecular complexity index is 638. The molecule has 1 atom stereocenters. The van der Waals surface area contributed by atoms with Crippen LogP contribution in [0.3, 0.4) is 0 Å². The fourth-order valence-electron chi connectivity index (χ4n) is 3.11. The molecule has 1 aromatic heterocycles. The maximum atomic E-state index is 4.43. The summed E-state index contributed by atoms with van der Waals surface area (Å²) in [4.78, 5) is 1.46. The van der Waals surface area contributed by atoms with E-state index in [1.165, 1.54) is 41.3 Å². The number of benzene rings is 1. The van der Waals surface area contributed by atoms with E-state index in [9.17, 15) is 0 Å². The molecule has 2 aliphatic rings. The number of thioether (sulfide) groups is 2. The second kappa shape index (κ2) is 6.05. The zero-order valence-corrected chi connectivity index (χ0v) is 13.6. The van der Waals surface area contributed by atoms with E-state index in [1.54, 1.807) is 0 Å². The van der Waals surface area contributed by atoms with Crippen LogP contribution in [0.1, 0.15) is 36.6 Å². The van der Waals surface area contributed by atoms with Crippen molar-refractivity contribution in [3.8, 4) is 0 Å². The standard InChI is InChI=1S/C16H19N3S2/c1-2-8-15-17-18-16(19(15)9-5-1)21-11-12-10-20-14-7-4-3-6-13(12)14/h3-4,6-7,12H,1-2,5,8-11H2. The van der Waals surface area contributed by atoms with Gasteiger partial charge in [-0.15, -0.1) is 22.0 Å². The first-order valence-corrected chi connectivity index (χ1v) is 9.65. The maximum absolute atomic E-state index is 4.43. The summed E-state index contributed by atoms with van der Waals surface area (Å²) in [5.74, 6) is 4.15. The van der Waals surface area contributed by atoms with E-state index in [1.807, 2.05) is 23.5 Å². The predicted octanol–water partition coefficient (Wildman–Crippen LogP) is 3.99. The molecule has 0 fully saturated rings. The minimum absolute atomic E-state index is 0.648. The smallest absolute Gasteiger partial charge is 0.191 e. The molecule has 1 aromatic carbocycles. The summed E-state index contributed by atoms with van der Waals surface area (Å²) in [5.41, 5.74) is 1.52. The minimum Gasteiger partial charge on any atom is -0.306 e. The summed E-state index contributed by atoms with van der Waals surface area (Å²) < 4.78 is 2.35. The van der Waals surface area contributed by atoms with Gasteiger partial charge in [0.15, 0.2) is 5.16 Å². The van der Waals surface area contributed by atoms with Gasteiger partial charge in [0.05, 0.1) is 0 Å². The molecule has 0 radical (unpaired) electrons. The molecule has 110 valence electrons. The number of aryl methyl sites for hydroxylation is 1. The minimum atomic E-state index is 0.648. The molecular formula is C16H19N3S2. The van der Waals surface area contributed by atoms with Gasteiger partial charge in [-0.1, -0.05) is 36.4 Å². The summed E-state index contributed by atoms with van der Waals surface area (Å²) in [5, 5.41) is 9.94. The van der Waals surface area contributed by atoms with Crippen molar-refractivity contribution in [3.05, 3.63) is 35.7 Å². The van der Waals surface area contributed by atoms with E-state index < -0.39 is 0 Å². The number of nitrogens with zero attached hydrogens (tertiary/aromatic N) is 3. The molecule has 0 saturated carbocycles. The van der Waals surface area contributed by atoms with Crippen LogP contribution in [0.5, 0.6) is 0 Å². The van der Waals surface area contributed by atoms with Crippen molar-refractivity contribution in [2.45, 2.75) is 48.2 Å². The molecule has 5 heteroatoms. The van der Waals surface area contributed by atoms with Gasteiger partial charge < -0.3 is 4.57 Å². The fourth-order valence-corrected chi connectivity index (χ4v) is 5.61. The van der Waals surface area contributed by atoms with Crippen LogP contribution in [-0.4, -0.2) is 26.3 Å². The molecule has 3 heterocycles. The molecule has 2 aliphatic heterocycles. The van der Waals surface area contributed by atoms with Crippen LogP contribution in [0, 0.1) is 0 Å². The highest BCUT2D eigenvalue weighted by molar-refractivity contribution is 8.00. The van der Waals surface area contributed by atoms with E-state index in [0.29, 0.717) is 5.92 Å². The summed E-state index contributed by atoms with van der Waals surface area (Å²) in [6.45, 7) is 1.10. The predicted molar refractivity (Wildman–Crippen MR) is 88.2 cm³/mol. The van der Waals surface area contributed by atoms with E-state index in [-0.39, 0.29) is 0 Å². The maximum Gasteiger partial charge on any atom is 0.191 e. The number of hydrogen-bond acceptors (Lipinski definition) is 4. The Morgan fingerprint density at radius 3 is 3.14 bits per heavy atom. The van der Waals surface area contributed by atoms with E-state index in [2.05, 4.69) is 39.0 Å². The number of rotatable bonds is 3. The first-order valence-electron chi connectivity index (χ1n) is 7.68. The zero-order chi connectivity index (χ0) is 14.1. The van der Waals surface area contributed by atoms with Crippen LogP contribution in [0.25, 0.3) is 0 Å². The molecule has 0 N–H and O–H groups in total. The lowest BCUT2D eigenvalue weighted by atomic mass is 10.0. The van der Waals surface area contributed by atoms with Crippen LogP contribution in [-0.2, 0) is 13.0 Å². The topological polar surface area (TPSA) is 30.7 Å². The molecule has 0 spiro atoms. The van der Waals surface area contributed by atoms with Gasteiger partial charge in [0.1, 0.15) is 5.82 Å². The largest absolute Gasteiger partial charge is 0.306 e. The lowest BCUT2D eigenvalue weighted by Crippen LogP contribution is -2.05. The highest BCUT2D eigenvalue weighted by Crippen LogP contribution is 2.41. The van der Waals surface area contributed by atoms with Gasteiger partial charge in [-0.25, -0.2) is 0 Å². The Hall–Kier alpha value is -0.940. The van der Waals surface area contributed by atoms with Crippen molar-refractivity contribution < 1.29 is 0 Å². The Labute approximate surface area is 133 Å². The average molecular weight is 317 g/mol. The van der Waals surface area contributed by atoms with Crippen molar-refractivity contribution >= 4 is 23.5 Å². The lowest BCUT2D eigenvalue weighted by molar-refractivity contribution is 0.590. The Morgan fingerprint density at radius 2 is 2.14 bits per heavy atom. The Morgan fingerprint density at radius 1 is 1.19 bits per heavy atom. The van der Waals surface area contributed by atoms with Gasteiger partial charge in [0, 0.05) is 35.3 Å². The molecular weight excluding hydrogens is 298 g/mol. The third-order valence-corrected chi connectivity index (χ3v) is 6.67. The second-order valence-corrected chi connectivity index (χ2v) is 7.77. The van der Waals surface area contributed by atoms with Gasteiger partial charge in [-0.3, -0.25) is 0 Å². The first-order chi connectivity index (χ1) is 10.4. The Kier molecular flexibility index (Phi) is 3.95. The van der Waals surface area contributed by atoms with Crippen LogP contribution in [0.2, 0.25) is 0 Å². The van der Waals surface area contributed by atoms with Crippen molar-refractivity contribution in [2.24, 2.45) is 0 Å². The molecule has 0 aliphatic carbocycles. The van der Waals surface area contributed by atoms with Crippen LogP contribution >= 0.6 is 23.5 Å². The Balaban J connectivity index is 1.47. The van der Waals surface area contributed by atoms with E-state index in [0.717, 1.165) is 23.9 Å². The van der Waals surface area contributed by atoms with Gasteiger partial charge in [0.2, 0.25) is 0 Å². The molecule has 3 nitrogen and oxygen atoms in total. The summed E-state index contributed by atoms with van der Waals surface area (Å²) in [6.07, 6.45) is 4.94. The van der Waals surface area contributed by atoms with Gasteiger partial charge in [0.25, 0.3) is 0 Å². The third kappa shape index (κ3) is 2.73. The van der Waals surface area contributed by atoms with Crippen molar-refractivity contribution in [1.82, 2.24) is 14.8 Å². The third-order valence-electron chi connectivity index (χ3n) is 4.29. The highest BCUT2D eigenvalue weighted by atomic mass is 32.2. The van der Waals surface area contributed by atoms with Crippen molar-refractivity contribution in [2.75, 3.05) is 11.5 Å². The SMILES string of the molecule is c1ccc2c(c1)SCC2CSc1nnc2n1CCCCC2. The van der Waals surface area contributed by atoms with E-state index >= 15 is 0 Å². The van der Waals surface area contributed by atoms with Crippen LogP contribution < -0.4 is 0 Å². The molecule has 4 rings (SSSR count). The first kappa shape index (κ1) is 13.7. The molecule has 21 heavy (non-hydrogen) atoms. The van der Waals surface area contributed by atoms with Gasteiger partial charge in [-0.2, -0.15) is 0 Å². The average Bonchev–Trinajstić information content (AvgIpc) is 3.02. The van der Waals surface area contributed by atoms with Gasteiger partial charge in [-0.05, 0) is 24.5 Å².